The number of rotatable bonds is 4. The van der Waals surface area contributed by atoms with Gasteiger partial charge in [-0.25, -0.2) is 0 Å². The lowest BCUT2D eigenvalue weighted by molar-refractivity contribution is 0.309. The first-order valence-corrected chi connectivity index (χ1v) is 4.62. The largest absolute Gasteiger partial charge is 0.402 e. The molecule has 0 aromatic carbocycles. The van der Waals surface area contributed by atoms with Crippen molar-refractivity contribution in [2.24, 2.45) is 0 Å². The van der Waals surface area contributed by atoms with Crippen molar-refractivity contribution in [3.8, 4) is 0 Å². The molecule has 0 heterocycles. The van der Waals surface area contributed by atoms with E-state index < -0.39 is 10.0 Å². The molecule has 0 fully saturated rings. The van der Waals surface area contributed by atoms with Gasteiger partial charge in [0, 0.05) is 20.1 Å². The quantitative estimate of drug-likeness (QED) is 0.482. The van der Waals surface area contributed by atoms with E-state index in [4.69, 9.17) is 11.6 Å². The molecule has 0 radical (unpaired) electrons. The maximum absolute atomic E-state index is 10.9. The van der Waals surface area contributed by atoms with Gasteiger partial charge in [0.2, 0.25) is 0 Å². The van der Waals surface area contributed by atoms with Crippen LogP contribution >= 0.6 is 11.6 Å². The van der Waals surface area contributed by atoms with Crippen molar-refractivity contribution in [2.75, 3.05) is 26.8 Å². The Morgan fingerprint density at radius 1 is 1.40 bits per heavy atom. The van der Waals surface area contributed by atoms with Gasteiger partial charge < -0.3 is 8.85 Å². The van der Waals surface area contributed by atoms with Crippen molar-refractivity contribution in [2.45, 2.75) is 6.42 Å². The van der Waals surface area contributed by atoms with Gasteiger partial charge >= 0.3 is 10.0 Å². The summed E-state index contributed by atoms with van der Waals surface area (Å²) in [6.45, 7) is -0.288. The van der Waals surface area contributed by atoms with Crippen LogP contribution in [0, 0.1) is 0 Å². The van der Waals surface area contributed by atoms with Gasteiger partial charge in [-0.05, 0) is 6.42 Å². The van der Waals surface area contributed by atoms with Crippen LogP contribution < -0.4 is 0 Å². The fourth-order valence-corrected chi connectivity index (χ4v) is 0.505. The van der Waals surface area contributed by atoms with E-state index in [1.54, 1.807) is 14.2 Å². The Kier molecular flexibility index (Phi) is 21.0. The van der Waals surface area contributed by atoms with Crippen molar-refractivity contribution >= 4 is 21.6 Å². The molecule has 0 bridgehead atoms. The third-order valence-electron chi connectivity index (χ3n) is 0.503. The molecule has 0 atom stereocenters. The molecule has 10 heavy (non-hydrogen) atoms. The van der Waals surface area contributed by atoms with Gasteiger partial charge in [-0.2, -0.15) is 0 Å². The Morgan fingerprint density at radius 2 is 1.90 bits per heavy atom. The van der Waals surface area contributed by atoms with Gasteiger partial charge in [-0.3, -0.25) is 4.39 Å². The summed E-state index contributed by atoms with van der Waals surface area (Å²) in [6.07, 6.45) is 0.488. The normalized spacial score (nSPS) is 8.40. The Hall–Kier alpha value is 0.357. The van der Waals surface area contributed by atoms with Gasteiger partial charge in [0.1, 0.15) is 0 Å². The lowest BCUT2D eigenvalue weighted by atomic mass is 10.6. The van der Waals surface area contributed by atoms with Gasteiger partial charge in [0.05, 0.1) is 6.67 Å². The molecule has 0 amide bonds. The fraction of sp³-hybridized carbons (Fsp3) is 1.00. The van der Waals surface area contributed by atoms with E-state index in [1.165, 1.54) is 0 Å². The highest BCUT2D eigenvalue weighted by molar-refractivity contribution is 6.17. The molecule has 0 spiro atoms. The number of halogens is 2. The van der Waals surface area contributed by atoms with E-state index in [0.29, 0.717) is 12.3 Å². The Balaban J connectivity index is 0. The summed E-state index contributed by atoms with van der Waals surface area (Å²) in [6, 6.07) is 0. The predicted molar refractivity (Wildman–Crippen MR) is 43.9 cm³/mol. The molecule has 0 saturated carbocycles. The summed E-state index contributed by atoms with van der Waals surface area (Å²) in [4.78, 5) is 0. The van der Waals surface area contributed by atoms with E-state index in [1.807, 2.05) is 0 Å². The molecule has 0 aliphatic heterocycles. The highest BCUT2D eigenvalue weighted by atomic mass is 35.5. The molecule has 0 aliphatic carbocycles. The molecular weight excluding hydrogens is 175 g/mol. The van der Waals surface area contributed by atoms with E-state index in [2.05, 4.69) is 8.85 Å². The Labute approximate surface area is 68.7 Å². The molecule has 2 nitrogen and oxygen atoms in total. The first kappa shape index (κ1) is 13.0. The fourth-order valence-electron chi connectivity index (χ4n) is 0.168. The van der Waals surface area contributed by atoms with Crippen LogP contribution in [0.25, 0.3) is 0 Å². The summed E-state index contributed by atoms with van der Waals surface area (Å²) < 4.78 is 20.1. The van der Waals surface area contributed by atoms with Crippen LogP contribution in [0.2, 0.25) is 0 Å². The van der Waals surface area contributed by atoms with Gasteiger partial charge in [-0.15, -0.1) is 11.6 Å². The molecular formula is C5H14ClFO2Si. The summed E-state index contributed by atoms with van der Waals surface area (Å²) in [5.41, 5.74) is 0. The maximum Gasteiger partial charge on any atom is 0.303 e. The zero-order chi connectivity index (χ0) is 8.24. The first-order valence-electron chi connectivity index (χ1n) is 2.93. The highest BCUT2D eigenvalue weighted by Crippen LogP contribution is 1.81. The van der Waals surface area contributed by atoms with Crippen molar-refractivity contribution in [1.82, 2.24) is 0 Å². The van der Waals surface area contributed by atoms with Crippen LogP contribution in [0.3, 0.4) is 0 Å². The van der Waals surface area contributed by atoms with Crippen LogP contribution in [-0.4, -0.2) is 36.8 Å². The highest BCUT2D eigenvalue weighted by Gasteiger charge is 1.73. The lowest BCUT2D eigenvalue weighted by Gasteiger charge is -1.86. The van der Waals surface area contributed by atoms with Crippen molar-refractivity contribution in [3.63, 3.8) is 0 Å². The van der Waals surface area contributed by atoms with Crippen LogP contribution in [0.5, 0.6) is 0 Å². The van der Waals surface area contributed by atoms with E-state index in [-0.39, 0.29) is 6.67 Å². The second-order valence-corrected chi connectivity index (χ2v) is 3.20. The van der Waals surface area contributed by atoms with Crippen molar-refractivity contribution in [1.29, 1.82) is 0 Å². The smallest absolute Gasteiger partial charge is 0.303 e. The molecule has 5 heteroatoms. The van der Waals surface area contributed by atoms with Gasteiger partial charge in [0.15, 0.2) is 0 Å². The topological polar surface area (TPSA) is 18.5 Å². The third-order valence-corrected chi connectivity index (χ3v) is 1.24. The molecule has 0 rings (SSSR count). The first-order chi connectivity index (χ1) is 4.83. The molecule has 0 saturated heterocycles. The molecule has 64 valence electrons. The molecule has 0 aromatic rings. The minimum absolute atomic E-state index is 0.288. The van der Waals surface area contributed by atoms with Gasteiger partial charge in [0.25, 0.3) is 0 Å². The number of alkyl halides is 2. The number of hydrogen-bond acceptors (Lipinski definition) is 2. The van der Waals surface area contributed by atoms with Crippen LogP contribution in [0.15, 0.2) is 0 Å². The Morgan fingerprint density at radius 3 is 1.90 bits per heavy atom. The summed E-state index contributed by atoms with van der Waals surface area (Å²) in [5.74, 6) is 0.441. The van der Waals surface area contributed by atoms with E-state index >= 15 is 0 Å². The van der Waals surface area contributed by atoms with E-state index in [0.717, 1.165) is 0 Å². The summed E-state index contributed by atoms with van der Waals surface area (Å²) in [5, 5.41) is 0. The third kappa shape index (κ3) is 23.8. The zero-order valence-corrected chi connectivity index (χ0v) is 8.57. The second kappa shape index (κ2) is 16.2. The average molecular weight is 189 g/mol. The monoisotopic (exact) mass is 188 g/mol. The maximum atomic E-state index is 10.9. The molecule has 0 unspecified atom stereocenters. The lowest BCUT2D eigenvalue weighted by Crippen LogP contribution is -1.93. The predicted octanol–water partition coefficient (Wildman–Crippen LogP) is 0.863. The summed E-state index contributed by atoms with van der Waals surface area (Å²) >= 11 is 5.06. The standard InChI is InChI=1S/C3H6ClF.C2H8O2Si/c4-2-1-3-5;1-3-5-4-2/h1-3H2;5H2,1-2H3. The van der Waals surface area contributed by atoms with Crippen molar-refractivity contribution in [3.05, 3.63) is 0 Å². The van der Waals surface area contributed by atoms with Crippen molar-refractivity contribution < 1.29 is 13.2 Å². The molecule has 0 aliphatic rings. The molecule has 0 N–H and O–H groups in total. The van der Waals surface area contributed by atoms with Crippen LogP contribution in [0.1, 0.15) is 6.42 Å². The Bertz CT molecular complexity index is 40.6. The number of hydrogen-bond donors (Lipinski definition) is 0. The second-order valence-electron chi connectivity index (χ2n) is 1.43. The minimum atomic E-state index is -0.568. The average Bonchev–Trinajstić information content (AvgIpc) is 1.93. The zero-order valence-electron chi connectivity index (χ0n) is 6.40. The minimum Gasteiger partial charge on any atom is -0.402 e. The van der Waals surface area contributed by atoms with Crippen LogP contribution in [-0.2, 0) is 8.85 Å². The SMILES string of the molecule is CO[SiH2]OC.FCCCCl. The van der Waals surface area contributed by atoms with Crippen LogP contribution in [0.4, 0.5) is 4.39 Å². The molecule has 0 aromatic heterocycles. The summed E-state index contributed by atoms with van der Waals surface area (Å²) in [7, 11) is 2.73. The van der Waals surface area contributed by atoms with E-state index in [9.17, 15) is 4.39 Å². The van der Waals surface area contributed by atoms with Gasteiger partial charge in [-0.1, -0.05) is 0 Å².